The summed E-state index contributed by atoms with van der Waals surface area (Å²) in [5.74, 6) is 2.60. The van der Waals surface area contributed by atoms with Crippen molar-refractivity contribution in [1.29, 1.82) is 0 Å². The first-order valence-electron chi connectivity index (χ1n) is 5.32. The van der Waals surface area contributed by atoms with Crippen LogP contribution in [-0.2, 0) is 14.3 Å². The predicted molar refractivity (Wildman–Crippen MR) is 64.7 cm³/mol. The smallest absolute Gasteiger partial charge is 0.332 e. The largest absolute Gasteiger partial charge is 0.479 e. The minimum absolute atomic E-state index is 0.241. The van der Waals surface area contributed by atoms with E-state index in [0.717, 1.165) is 5.75 Å². The van der Waals surface area contributed by atoms with Crippen LogP contribution in [0.15, 0.2) is 0 Å². The number of carbonyl (C=O) groups is 2. The number of ether oxygens (including phenoxy) is 1. The van der Waals surface area contributed by atoms with E-state index in [9.17, 15) is 9.59 Å². The minimum Gasteiger partial charge on any atom is -0.479 e. The SMILES string of the molecule is C#CCSCCNC(=O)C1CCC(C(=O)O)O1. The summed E-state index contributed by atoms with van der Waals surface area (Å²) in [6.45, 7) is 0.517. The molecule has 6 heteroatoms. The van der Waals surface area contributed by atoms with Crippen LogP contribution in [0.2, 0.25) is 0 Å². The third-order valence-corrected chi connectivity index (χ3v) is 3.18. The van der Waals surface area contributed by atoms with E-state index in [2.05, 4.69) is 11.2 Å². The molecule has 2 N–H and O–H groups in total. The molecule has 0 radical (unpaired) electrons. The van der Waals surface area contributed by atoms with Gasteiger partial charge in [-0.25, -0.2) is 4.79 Å². The second-order valence-electron chi connectivity index (χ2n) is 3.58. The van der Waals surface area contributed by atoms with Gasteiger partial charge in [0.1, 0.15) is 6.10 Å². The quantitative estimate of drug-likeness (QED) is 0.521. The molecule has 0 aliphatic carbocycles. The first-order valence-corrected chi connectivity index (χ1v) is 6.47. The molecule has 2 unspecified atom stereocenters. The third kappa shape index (κ3) is 4.67. The van der Waals surface area contributed by atoms with Crippen LogP contribution in [0.25, 0.3) is 0 Å². The van der Waals surface area contributed by atoms with Gasteiger partial charge in [0.25, 0.3) is 0 Å². The highest BCUT2D eigenvalue weighted by Gasteiger charge is 2.34. The Morgan fingerprint density at radius 2 is 2.18 bits per heavy atom. The lowest BCUT2D eigenvalue weighted by Crippen LogP contribution is -2.36. The fourth-order valence-electron chi connectivity index (χ4n) is 1.50. The number of carboxylic acid groups (broad SMARTS) is 1. The number of hydrogen-bond acceptors (Lipinski definition) is 4. The van der Waals surface area contributed by atoms with E-state index in [4.69, 9.17) is 16.3 Å². The summed E-state index contributed by atoms with van der Waals surface area (Å²) in [6, 6.07) is 0. The number of terminal acetylenes is 1. The van der Waals surface area contributed by atoms with Gasteiger partial charge in [-0.05, 0) is 12.8 Å². The molecule has 94 valence electrons. The highest BCUT2D eigenvalue weighted by Crippen LogP contribution is 2.19. The fraction of sp³-hybridized carbons (Fsp3) is 0.636. The number of aliphatic carboxylic acids is 1. The van der Waals surface area contributed by atoms with Gasteiger partial charge >= 0.3 is 5.97 Å². The molecule has 1 heterocycles. The Balaban J connectivity index is 2.17. The Morgan fingerprint density at radius 3 is 2.76 bits per heavy atom. The second kappa shape index (κ2) is 7.20. The van der Waals surface area contributed by atoms with Crippen molar-refractivity contribution in [2.24, 2.45) is 0 Å². The van der Waals surface area contributed by atoms with E-state index >= 15 is 0 Å². The molecule has 2 atom stereocenters. The lowest BCUT2D eigenvalue weighted by molar-refractivity contribution is -0.151. The summed E-state index contributed by atoms with van der Waals surface area (Å²) in [5, 5.41) is 11.4. The zero-order valence-corrected chi connectivity index (χ0v) is 10.2. The summed E-state index contributed by atoms with van der Waals surface area (Å²) in [5.41, 5.74) is 0. The summed E-state index contributed by atoms with van der Waals surface area (Å²) in [4.78, 5) is 22.2. The molecular formula is C11H15NO4S. The van der Waals surface area contributed by atoms with Crippen molar-refractivity contribution in [3.05, 3.63) is 0 Å². The first kappa shape index (κ1) is 13.9. The van der Waals surface area contributed by atoms with Crippen LogP contribution in [0, 0.1) is 12.3 Å². The van der Waals surface area contributed by atoms with Gasteiger partial charge in [-0.2, -0.15) is 0 Å². The Bertz CT molecular complexity index is 326. The minimum atomic E-state index is -1.01. The average Bonchev–Trinajstić information content (AvgIpc) is 2.78. The third-order valence-electron chi connectivity index (χ3n) is 2.32. The number of rotatable bonds is 6. The van der Waals surface area contributed by atoms with Crippen molar-refractivity contribution in [3.8, 4) is 12.3 Å². The van der Waals surface area contributed by atoms with Gasteiger partial charge in [0.05, 0.1) is 5.75 Å². The average molecular weight is 257 g/mol. The maximum atomic E-state index is 11.6. The molecule has 0 spiro atoms. The maximum Gasteiger partial charge on any atom is 0.332 e. The van der Waals surface area contributed by atoms with Crippen LogP contribution in [0.5, 0.6) is 0 Å². The van der Waals surface area contributed by atoms with E-state index in [1.165, 1.54) is 0 Å². The predicted octanol–water partition coefficient (Wildman–Crippen LogP) is 0.101. The monoisotopic (exact) mass is 257 g/mol. The number of thioether (sulfide) groups is 1. The van der Waals surface area contributed by atoms with Gasteiger partial charge in [0.15, 0.2) is 6.10 Å². The normalized spacial score (nSPS) is 23.0. The first-order chi connectivity index (χ1) is 8.15. The van der Waals surface area contributed by atoms with Crippen LogP contribution in [-0.4, -0.2) is 47.2 Å². The van der Waals surface area contributed by atoms with Crippen LogP contribution in [0.1, 0.15) is 12.8 Å². The molecule has 5 nitrogen and oxygen atoms in total. The Kier molecular flexibility index (Phi) is 5.87. The number of carboxylic acids is 1. The molecular weight excluding hydrogens is 242 g/mol. The standard InChI is InChI=1S/C11H15NO4S/c1-2-6-17-7-5-12-10(13)8-3-4-9(16-8)11(14)15/h1,8-9H,3-7H2,(H,12,13)(H,14,15). The van der Waals surface area contributed by atoms with Gasteiger partial charge in [-0.3, -0.25) is 4.79 Å². The molecule has 1 rings (SSSR count). The Hall–Kier alpha value is -1.19. The van der Waals surface area contributed by atoms with E-state index in [1.807, 2.05) is 0 Å². The molecule has 0 aromatic rings. The zero-order chi connectivity index (χ0) is 12.7. The van der Waals surface area contributed by atoms with Crippen LogP contribution < -0.4 is 5.32 Å². The lowest BCUT2D eigenvalue weighted by atomic mass is 10.2. The van der Waals surface area contributed by atoms with E-state index in [-0.39, 0.29) is 5.91 Å². The van der Waals surface area contributed by atoms with Gasteiger partial charge < -0.3 is 15.2 Å². The van der Waals surface area contributed by atoms with Gasteiger partial charge in [-0.1, -0.05) is 5.92 Å². The molecule has 17 heavy (non-hydrogen) atoms. The summed E-state index contributed by atoms with van der Waals surface area (Å²) < 4.78 is 5.11. The molecule has 0 aromatic carbocycles. The van der Waals surface area contributed by atoms with Crippen molar-refractivity contribution in [1.82, 2.24) is 5.32 Å². The van der Waals surface area contributed by atoms with Crippen LogP contribution in [0.3, 0.4) is 0 Å². The number of hydrogen-bond donors (Lipinski definition) is 2. The molecule has 1 aliphatic heterocycles. The fourth-order valence-corrected chi connectivity index (χ4v) is 2.01. The van der Waals surface area contributed by atoms with Gasteiger partial charge in [-0.15, -0.1) is 18.2 Å². The lowest BCUT2D eigenvalue weighted by Gasteiger charge is -2.11. The Morgan fingerprint density at radius 1 is 1.47 bits per heavy atom. The molecule has 1 fully saturated rings. The van der Waals surface area contributed by atoms with E-state index in [0.29, 0.717) is 25.1 Å². The van der Waals surface area contributed by atoms with Crippen molar-refractivity contribution in [2.75, 3.05) is 18.1 Å². The second-order valence-corrected chi connectivity index (χ2v) is 4.68. The van der Waals surface area contributed by atoms with Crippen molar-refractivity contribution < 1.29 is 19.4 Å². The zero-order valence-electron chi connectivity index (χ0n) is 9.35. The van der Waals surface area contributed by atoms with Crippen LogP contribution in [0.4, 0.5) is 0 Å². The van der Waals surface area contributed by atoms with E-state index in [1.54, 1.807) is 11.8 Å². The molecule has 0 bridgehead atoms. The van der Waals surface area contributed by atoms with E-state index < -0.39 is 18.2 Å². The molecule has 0 aromatic heterocycles. The summed E-state index contributed by atoms with van der Waals surface area (Å²) in [6.07, 6.45) is 4.45. The Labute approximate surface area is 104 Å². The van der Waals surface area contributed by atoms with Crippen molar-refractivity contribution in [3.63, 3.8) is 0 Å². The number of nitrogens with one attached hydrogen (secondary N) is 1. The summed E-state index contributed by atoms with van der Waals surface area (Å²) in [7, 11) is 0. The molecule has 1 saturated heterocycles. The molecule has 0 saturated carbocycles. The highest BCUT2D eigenvalue weighted by atomic mass is 32.2. The number of amides is 1. The summed E-state index contributed by atoms with van der Waals surface area (Å²) >= 11 is 1.56. The topological polar surface area (TPSA) is 75.6 Å². The molecule has 1 aliphatic rings. The van der Waals surface area contributed by atoms with Crippen molar-refractivity contribution >= 4 is 23.6 Å². The van der Waals surface area contributed by atoms with Gasteiger partial charge in [0.2, 0.25) is 5.91 Å². The van der Waals surface area contributed by atoms with Crippen LogP contribution >= 0.6 is 11.8 Å². The molecule has 1 amide bonds. The van der Waals surface area contributed by atoms with Gasteiger partial charge in [0, 0.05) is 12.3 Å². The number of carbonyl (C=O) groups excluding carboxylic acids is 1. The maximum absolute atomic E-state index is 11.6. The van der Waals surface area contributed by atoms with Crippen molar-refractivity contribution in [2.45, 2.75) is 25.0 Å². The highest BCUT2D eigenvalue weighted by molar-refractivity contribution is 7.99.